The highest BCUT2D eigenvalue weighted by molar-refractivity contribution is 5.84. The third kappa shape index (κ3) is 5.57. The van der Waals surface area contributed by atoms with Crippen LogP contribution in [0.15, 0.2) is 0 Å². The number of likely N-dealkylation sites (N-methyl/N-ethyl adjacent to an activating group) is 1. The van der Waals surface area contributed by atoms with Crippen LogP contribution >= 0.6 is 0 Å². The summed E-state index contributed by atoms with van der Waals surface area (Å²) in [5.41, 5.74) is 0. The van der Waals surface area contributed by atoms with Crippen molar-refractivity contribution in [3.8, 4) is 0 Å². The zero-order valence-corrected chi connectivity index (χ0v) is 11.9. The molecule has 0 aromatic carbocycles. The number of esters is 1. The number of carbonyl (C=O) groups is 2. The maximum absolute atomic E-state index is 11.9. The molecule has 1 aliphatic heterocycles. The number of nitrogens with zero attached hydrogens (tertiary/aromatic N) is 1. The molecule has 1 rings (SSSR count). The first-order chi connectivity index (χ1) is 9.04. The summed E-state index contributed by atoms with van der Waals surface area (Å²) >= 11 is 0. The molecule has 1 fully saturated rings. The molecular formula is C13H23NO5. The van der Waals surface area contributed by atoms with E-state index in [0.717, 1.165) is 25.9 Å². The van der Waals surface area contributed by atoms with Crippen LogP contribution in [0.1, 0.15) is 26.2 Å². The molecule has 6 nitrogen and oxygen atoms in total. The van der Waals surface area contributed by atoms with E-state index in [1.807, 2.05) is 0 Å². The van der Waals surface area contributed by atoms with Crippen molar-refractivity contribution in [2.24, 2.45) is 0 Å². The molecule has 0 spiro atoms. The van der Waals surface area contributed by atoms with Crippen LogP contribution in [0.25, 0.3) is 0 Å². The zero-order valence-electron chi connectivity index (χ0n) is 11.9. The predicted molar refractivity (Wildman–Crippen MR) is 68.7 cm³/mol. The van der Waals surface area contributed by atoms with Gasteiger partial charge in [0, 0.05) is 13.7 Å². The van der Waals surface area contributed by atoms with Gasteiger partial charge in [0.2, 0.25) is 0 Å². The Balaban J connectivity index is 2.28. The van der Waals surface area contributed by atoms with Crippen molar-refractivity contribution in [2.75, 3.05) is 33.9 Å². The average Bonchev–Trinajstić information content (AvgIpc) is 2.44. The monoisotopic (exact) mass is 273 g/mol. The first kappa shape index (κ1) is 15.9. The van der Waals surface area contributed by atoms with Gasteiger partial charge in [-0.05, 0) is 26.2 Å². The van der Waals surface area contributed by atoms with Crippen LogP contribution in [0, 0.1) is 0 Å². The second-order valence-electron chi connectivity index (χ2n) is 4.73. The van der Waals surface area contributed by atoms with Gasteiger partial charge in [-0.1, -0.05) is 0 Å². The number of hydrogen-bond acceptors (Lipinski definition) is 5. The molecule has 0 saturated carbocycles. The van der Waals surface area contributed by atoms with Gasteiger partial charge in [0.15, 0.2) is 0 Å². The van der Waals surface area contributed by atoms with Gasteiger partial charge in [0.25, 0.3) is 5.91 Å². The van der Waals surface area contributed by atoms with Crippen LogP contribution in [0.2, 0.25) is 0 Å². The molecule has 0 N–H and O–H groups in total. The van der Waals surface area contributed by atoms with Gasteiger partial charge in [-0.25, -0.2) is 0 Å². The highest BCUT2D eigenvalue weighted by Crippen LogP contribution is 2.13. The van der Waals surface area contributed by atoms with Crippen molar-refractivity contribution in [1.29, 1.82) is 0 Å². The molecule has 19 heavy (non-hydrogen) atoms. The van der Waals surface area contributed by atoms with Crippen molar-refractivity contribution in [2.45, 2.75) is 38.4 Å². The van der Waals surface area contributed by atoms with Crippen LogP contribution in [-0.4, -0.2) is 62.9 Å². The third-order valence-electron chi connectivity index (χ3n) is 3.12. The first-order valence-electron chi connectivity index (χ1n) is 6.59. The maximum Gasteiger partial charge on any atom is 0.325 e. The second kappa shape index (κ2) is 8.12. The quantitative estimate of drug-likeness (QED) is 0.663. The minimum absolute atomic E-state index is 0.0665. The fraction of sp³-hybridized carbons (Fsp3) is 0.846. The Hall–Kier alpha value is -1.14. The Bertz CT molecular complexity index is 301. The summed E-state index contributed by atoms with van der Waals surface area (Å²) in [5.74, 6) is -0.681. The van der Waals surface area contributed by atoms with E-state index in [1.165, 1.54) is 12.0 Å². The fourth-order valence-electron chi connectivity index (χ4n) is 1.91. The van der Waals surface area contributed by atoms with Gasteiger partial charge >= 0.3 is 5.97 Å². The van der Waals surface area contributed by atoms with E-state index in [4.69, 9.17) is 9.47 Å². The number of amides is 1. The largest absolute Gasteiger partial charge is 0.468 e. The topological polar surface area (TPSA) is 65.1 Å². The van der Waals surface area contributed by atoms with Crippen molar-refractivity contribution in [1.82, 2.24) is 4.90 Å². The van der Waals surface area contributed by atoms with Crippen LogP contribution < -0.4 is 0 Å². The molecule has 0 radical (unpaired) electrons. The lowest BCUT2D eigenvalue weighted by Gasteiger charge is -2.25. The summed E-state index contributed by atoms with van der Waals surface area (Å²) in [6.45, 7) is 2.79. The molecule has 6 heteroatoms. The average molecular weight is 273 g/mol. The molecule has 110 valence electrons. The molecule has 1 saturated heterocycles. The van der Waals surface area contributed by atoms with Gasteiger partial charge < -0.3 is 19.1 Å². The highest BCUT2D eigenvalue weighted by atomic mass is 16.5. The molecule has 0 aromatic heterocycles. The van der Waals surface area contributed by atoms with Crippen LogP contribution in [0.3, 0.4) is 0 Å². The summed E-state index contributed by atoms with van der Waals surface area (Å²) in [7, 11) is 2.84. The Kier molecular flexibility index (Phi) is 6.80. The van der Waals surface area contributed by atoms with Crippen LogP contribution in [-0.2, 0) is 23.8 Å². The Morgan fingerprint density at radius 2 is 2.16 bits per heavy atom. The first-order valence-corrected chi connectivity index (χ1v) is 6.59. The lowest BCUT2D eigenvalue weighted by Crippen LogP contribution is -2.40. The van der Waals surface area contributed by atoms with E-state index in [9.17, 15) is 9.59 Å². The number of rotatable bonds is 6. The summed E-state index contributed by atoms with van der Waals surface area (Å²) in [5, 5.41) is 0. The summed E-state index contributed by atoms with van der Waals surface area (Å²) < 4.78 is 15.6. The van der Waals surface area contributed by atoms with E-state index in [-0.39, 0.29) is 18.6 Å². The number of carbonyl (C=O) groups excluding carboxylic acids is 2. The minimum Gasteiger partial charge on any atom is -0.468 e. The van der Waals surface area contributed by atoms with Crippen molar-refractivity contribution < 1.29 is 23.8 Å². The zero-order chi connectivity index (χ0) is 14.3. The van der Waals surface area contributed by atoms with Gasteiger partial charge in [-0.2, -0.15) is 0 Å². The van der Waals surface area contributed by atoms with Gasteiger partial charge in [-0.3, -0.25) is 9.59 Å². The van der Waals surface area contributed by atoms with Crippen molar-refractivity contribution in [3.05, 3.63) is 0 Å². The summed E-state index contributed by atoms with van der Waals surface area (Å²) in [6.07, 6.45) is 2.69. The molecule has 0 bridgehead atoms. The summed E-state index contributed by atoms with van der Waals surface area (Å²) in [6, 6.07) is 0. The Labute approximate surface area is 114 Å². The lowest BCUT2D eigenvalue weighted by atomic mass is 10.1. The number of ether oxygens (including phenoxy) is 3. The summed E-state index contributed by atoms with van der Waals surface area (Å²) in [4.78, 5) is 24.3. The maximum atomic E-state index is 11.9. The Morgan fingerprint density at radius 1 is 1.42 bits per heavy atom. The van der Waals surface area contributed by atoms with Crippen molar-refractivity contribution >= 4 is 11.9 Å². The predicted octanol–water partition coefficient (Wildman–Crippen LogP) is 0.592. The fourth-order valence-corrected chi connectivity index (χ4v) is 1.91. The SMILES string of the molecule is COC(=O)CN(C)C(=O)C(C)OCC1CCCCO1. The van der Waals surface area contributed by atoms with Gasteiger partial charge in [0.1, 0.15) is 12.6 Å². The smallest absolute Gasteiger partial charge is 0.325 e. The number of methoxy groups -OCH3 is 1. The van der Waals surface area contributed by atoms with Crippen molar-refractivity contribution in [3.63, 3.8) is 0 Å². The second-order valence-corrected chi connectivity index (χ2v) is 4.73. The molecule has 1 heterocycles. The molecule has 2 atom stereocenters. The lowest BCUT2D eigenvalue weighted by molar-refractivity contribution is -0.152. The van der Waals surface area contributed by atoms with E-state index in [0.29, 0.717) is 6.61 Å². The highest BCUT2D eigenvalue weighted by Gasteiger charge is 2.22. The van der Waals surface area contributed by atoms with Gasteiger partial charge in [0.05, 0.1) is 19.8 Å². The molecule has 0 aliphatic carbocycles. The van der Waals surface area contributed by atoms with Crippen LogP contribution in [0.5, 0.6) is 0 Å². The molecule has 2 unspecified atom stereocenters. The minimum atomic E-state index is -0.583. The van der Waals surface area contributed by atoms with E-state index in [1.54, 1.807) is 14.0 Å². The van der Waals surface area contributed by atoms with Crippen LogP contribution in [0.4, 0.5) is 0 Å². The molecular weight excluding hydrogens is 250 g/mol. The number of hydrogen-bond donors (Lipinski definition) is 0. The standard InChI is InChI=1S/C13H23NO5/c1-10(13(16)14(2)8-12(15)17-3)19-9-11-6-4-5-7-18-11/h10-11H,4-9H2,1-3H3. The molecule has 0 aromatic rings. The van der Waals surface area contributed by atoms with E-state index < -0.39 is 12.1 Å². The third-order valence-corrected chi connectivity index (χ3v) is 3.12. The Morgan fingerprint density at radius 3 is 2.74 bits per heavy atom. The van der Waals surface area contributed by atoms with E-state index >= 15 is 0 Å². The molecule has 1 aliphatic rings. The van der Waals surface area contributed by atoms with Gasteiger partial charge in [-0.15, -0.1) is 0 Å². The molecule has 1 amide bonds. The normalized spacial score (nSPS) is 20.7. The van der Waals surface area contributed by atoms with E-state index in [2.05, 4.69) is 4.74 Å².